The van der Waals surface area contributed by atoms with E-state index in [-0.39, 0.29) is 5.92 Å². The summed E-state index contributed by atoms with van der Waals surface area (Å²) < 4.78 is 30.1. The maximum atomic E-state index is 12.7. The molecule has 1 aromatic carbocycles. The highest BCUT2D eigenvalue weighted by Gasteiger charge is 2.19. The molecule has 1 aliphatic heterocycles. The number of alkyl halides is 2. The lowest BCUT2D eigenvalue weighted by Crippen LogP contribution is -2.46. The molecule has 0 atom stereocenters. The van der Waals surface area contributed by atoms with E-state index in [1.165, 1.54) is 12.8 Å². The number of anilines is 1. The first-order valence-electron chi connectivity index (χ1n) is 9.57. The maximum Gasteiger partial charge on any atom is 0.387 e. The summed E-state index contributed by atoms with van der Waals surface area (Å²) in [4.78, 5) is 4.73. The molecule has 2 rings (SSSR count). The monoisotopic (exact) mass is 356 g/mol. The van der Waals surface area contributed by atoms with Gasteiger partial charge in [0.1, 0.15) is 5.75 Å². The number of ether oxygens (including phenoxy) is 1. The standard InChI is InChI=1S/C18H28F2N2O.C2H6/c1-4-5-8-21-9-11-22(12-10-21)15-6-7-16(14(2)3)17(13-15)23-18(19)20;1-2/h6-7,13-14,18H,4-5,8-12H2,1-3H3;1-2H3. The number of benzene rings is 1. The van der Waals surface area contributed by atoms with Gasteiger partial charge in [0.15, 0.2) is 0 Å². The van der Waals surface area contributed by atoms with Crippen molar-refractivity contribution in [1.29, 1.82) is 0 Å². The Bertz CT molecular complexity index is 487. The van der Waals surface area contributed by atoms with Gasteiger partial charge in [0, 0.05) is 37.9 Å². The molecule has 0 aromatic heterocycles. The quantitative estimate of drug-likeness (QED) is 0.654. The van der Waals surface area contributed by atoms with Crippen molar-refractivity contribution in [1.82, 2.24) is 4.90 Å². The molecule has 0 amide bonds. The highest BCUT2D eigenvalue weighted by molar-refractivity contribution is 5.55. The molecule has 0 spiro atoms. The van der Waals surface area contributed by atoms with Gasteiger partial charge in [-0.05, 0) is 30.5 Å². The third kappa shape index (κ3) is 6.81. The highest BCUT2D eigenvalue weighted by Crippen LogP contribution is 2.32. The van der Waals surface area contributed by atoms with E-state index in [1.54, 1.807) is 6.07 Å². The van der Waals surface area contributed by atoms with Gasteiger partial charge in [-0.3, -0.25) is 4.90 Å². The van der Waals surface area contributed by atoms with Crippen LogP contribution in [-0.2, 0) is 0 Å². The molecule has 0 saturated carbocycles. The van der Waals surface area contributed by atoms with Crippen molar-refractivity contribution in [2.24, 2.45) is 0 Å². The number of unbranched alkanes of at least 4 members (excludes halogenated alkanes) is 1. The molecule has 5 heteroatoms. The van der Waals surface area contributed by atoms with Gasteiger partial charge in [0.05, 0.1) is 0 Å². The Morgan fingerprint density at radius 3 is 2.24 bits per heavy atom. The summed E-state index contributed by atoms with van der Waals surface area (Å²) in [5, 5.41) is 0. The molecule has 0 N–H and O–H groups in total. The van der Waals surface area contributed by atoms with E-state index < -0.39 is 6.61 Å². The zero-order valence-electron chi connectivity index (χ0n) is 16.4. The fraction of sp³-hybridized carbons (Fsp3) is 0.700. The number of halogens is 2. The fourth-order valence-electron chi connectivity index (χ4n) is 3.01. The van der Waals surface area contributed by atoms with Crippen LogP contribution in [0, 0.1) is 0 Å². The molecule has 0 radical (unpaired) electrons. The molecule has 1 saturated heterocycles. The normalized spacial score (nSPS) is 15.3. The summed E-state index contributed by atoms with van der Waals surface area (Å²) in [6.45, 7) is 12.5. The SMILES string of the molecule is CC.CCCCN1CCN(c2ccc(C(C)C)c(OC(F)F)c2)CC1. The van der Waals surface area contributed by atoms with Crippen LogP contribution in [0.1, 0.15) is 58.9 Å². The minimum atomic E-state index is -2.78. The first kappa shape index (κ1) is 21.7. The van der Waals surface area contributed by atoms with Crippen LogP contribution in [0.4, 0.5) is 14.5 Å². The highest BCUT2D eigenvalue weighted by atomic mass is 19.3. The van der Waals surface area contributed by atoms with Crippen LogP contribution >= 0.6 is 0 Å². The van der Waals surface area contributed by atoms with Crippen LogP contribution in [0.25, 0.3) is 0 Å². The maximum absolute atomic E-state index is 12.7. The van der Waals surface area contributed by atoms with Gasteiger partial charge in [-0.25, -0.2) is 0 Å². The molecule has 0 unspecified atom stereocenters. The number of nitrogens with zero attached hydrogens (tertiary/aromatic N) is 2. The summed E-state index contributed by atoms with van der Waals surface area (Å²) in [7, 11) is 0. The van der Waals surface area contributed by atoms with Gasteiger partial charge in [-0.2, -0.15) is 8.78 Å². The number of hydrogen-bond acceptors (Lipinski definition) is 3. The molecule has 0 bridgehead atoms. The van der Waals surface area contributed by atoms with Crippen LogP contribution < -0.4 is 9.64 Å². The summed E-state index contributed by atoms with van der Waals surface area (Å²) in [5.41, 5.74) is 1.80. The van der Waals surface area contributed by atoms with Crippen LogP contribution in [0.3, 0.4) is 0 Å². The second kappa shape index (κ2) is 11.3. The Morgan fingerprint density at radius 1 is 1.08 bits per heavy atom. The van der Waals surface area contributed by atoms with Crippen molar-refractivity contribution in [2.45, 2.75) is 60.0 Å². The molecule has 3 nitrogen and oxygen atoms in total. The zero-order chi connectivity index (χ0) is 18.8. The van der Waals surface area contributed by atoms with Gasteiger partial charge in [-0.1, -0.05) is 47.1 Å². The molecule has 1 heterocycles. The second-order valence-electron chi connectivity index (χ2n) is 6.44. The van der Waals surface area contributed by atoms with Gasteiger partial charge >= 0.3 is 6.61 Å². The first-order valence-corrected chi connectivity index (χ1v) is 9.57. The van der Waals surface area contributed by atoms with E-state index >= 15 is 0 Å². The average Bonchev–Trinajstić information content (AvgIpc) is 2.61. The molecule has 1 aliphatic rings. The lowest BCUT2D eigenvalue weighted by Gasteiger charge is -2.36. The van der Waals surface area contributed by atoms with Crippen LogP contribution in [0.2, 0.25) is 0 Å². The molecule has 1 aromatic rings. The third-order valence-corrected chi connectivity index (χ3v) is 4.40. The van der Waals surface area contributed by atoms with E-state index in [0.717, 1.165) is 44.0 Å². The predicted octanol–water partition coefficient (Wildman–Crippen LogP) is 5.36. The van der Waals surface area contributed by atoms with Crippen LogP contribution in [0.15, 0.2) is 18.2 Å². The second-order valence-corrected chi connectivity index (χ2v) is 6.44. The van der Waals surface area contributed by atoms with E-state index in [9.17, 15) is 8.78 Å². The smallest absolute Gasteiger partial charge is 0.387 e. The van der Waals surface area contributed by atoms with Crippen LogP contribution in [-0.4, -0.2) is 44.2 Å². The minimum absolute atomic E-state index is 0.156. The summed E-state index contributed by atoms with van der Waals surface area (Å²) in [6, 6.07) is 5.71. The Kier molecular flexibility index (Phi) is 9.79. The van der Waals surface area contributed by atoms with Crippen LogP contribution in [0.5, 0.6) is 5.75 Å². The molecule has 25 heavy (non-hydrogen) atoms. The molecular weight excluding hydrogens is 322 g/mol. The summed E-state index contributed by atoms with van der Waals surface area (Å²) >= 11 is 0. The predicted molar refractivity (Wildman–Crippen MR) is 102 cm³/mol. The van der Waals surface area contributed by atoms with Crippen molar-refractivity contribution in [3.05, 3.63) is 23.8 Å². The topological polar surface area (TPSA) is 15.7 Å². The average molecular weight is 357 g/mol. The first-order chi connectivity index (χ1) is 12.0. The van der Waals surface area contributed by atoms with Crippen molar-refractivity contribution in [2.75, 3.05) is 37.6 Å². The molecule has 144 valence electrons. The summed E-state index contributed by atoms with van der Waals surface area (Å²) in [5.74, 6) is 0.463. The molecule has 0 aliphatic carbocycles. The fourth-order valence-corrected chi connectivity index (χ4v) is 3.01. The summed E-state index contributed by atoms with van der Waals surface area (Å²) in [6.07, 6.45) is 2.45. The number of hydrogen-bond donors (Lipinski definition) is 0. The Labute approximate surface area is 152 Å². The largest absolute Gasteiger partial charge is 0.434 e. The minimum Gasteiger partial charge on any atom is -0.434 e. The Balaban J connectivity index is 0.00000151. The van der Waals surface area contributed by atoms with Gasteiger partial charge < -0.3 is 9.64 Å². The van der Waals surface area contributed by atoms with Crippen molar-refractivity contribution >= 4 is 5.69 Å². The van der Waals surface area contributed by atoms with E-state index in [0.29, 0.717) is 5.75 Å². The van der Waals surface area contributed by atoms with Crippen molar-refractivity contribution in [3.8, 4) is 5.75 Å². The van der Waals surface area contributed by atoms with Gasteiger partial charge in [-0.15, -0.1) is 0 Å². The van der Waals surface area contributed by atoms with Crippen molar-refractivity contribution < 1.29 is 13.5 Å². The Morgan fingerprint density at radius 2 is 1.72 bits per heavy atom. The number of piperazine rings is 1. The lowest BCUT2D eigenvalue weighted by molar-refractivity contribution is -0.0505. The third-order valence-electron chi connectivity index (χ3n) is 4.40. The van der Waals surface area contributed by atoms with Crippen molar-refractivity contribution in [3.63, 3.8) is 0 Å². The molecule has 1 fully saturated rings. The van der Waals surface area contributed by atoms with E-state index in [4.69, 9.17) is 4.74 Å². The van der Waals surface area contributed by atoms with Gasteiger partial charge in [0.2, 0.25) is 0 Å². The molecular formula is C20H34F2N2O. The number of rotatable bonds is 7. The lowest BCUT2D eigenvalue weighted by atomic mass is 10.0. The van der Waals surface area contributed by atoms with E-state index in [2.05, 4.69) is 16.7 Å². The van der Waals surface area contributed by atoms with E-state index in [1.807, 2.05) is 39.8 Å². The Hall–Kier alpha value is -1.36. The zero-order valence-corrected chi connectivity index (χ0v) is 16.4. The van der Waals surface area contributed by atoms with Gasteiger partial charge in [0.25, 0.3) is 0 Å².